The Bertz CT molecular complexity index is 750. The monoisotopic (exact) mass is 338 g/mol. The number of ether oxygens (including phenoxy) is 3. The number of carbonyl (C=O) groups excluding carboxylic acids is 1. The molecular weight excluding hydrogens is 316 g/mol. The molecule has 0 amide bonds. The van der Waals surface area contributed by atoms with Gasteiger partial charge in [-0.05, 0) is 48.9 Å². The van der Waals surface area contributed by atoms with Crippen LogP contribution in [0.1, 0.15) is 37.4 Å². The second-order valence-electron chi connectivity index (χ2n) is 6.65. The van der Waals surface area contributed by atoms with Gasteiger partial charge in [-0.25, -0.2) is 4.79 Å². The Kier molecular flexibility index (Phi) is 4.45. The molecule has 1 aliphatic carbocycles. The number of esters is 1. The van der Waals surface area contributed by atoms with E-state index in [1.54, 1.807) is 7.11 Å². The molecule has 2 aliphatic rings. The van der Waals surface area contributed by atoms with Crippen LogP contribution in [0.5, 0.6) is 5.75 Å². The van der Waals surface area contributed by atoms with Crippen LogP contribution in [0.25, 0.3) is 11.1 Å². The van der Waals surface area contributed by atoms with Gasteiger partial charge in [0.1, 0.15) is 18.0 Å². The number of hydrogen-bond acceptors (Lipinski definition) is 4. The molecule has 0 aromatic heterocycles. The van der Waals surface area contributed by atoms with Gasteiger partial charge in [-0.15, -0.1) is 0 Å². The Morgan fingerprint density at radius 3 is 2.56 bits per heavy atom. The van der Waals surface area contributed by atoms with Gasteiger partial charge in [0.05, 0.1) is 7.11 Å². The van der Waals surface area contributed by atoms with Crippen molar-refractivity contribution in [2.45, 2.75) is 44.0 Å². The molecule has 1 saturated carbocycles. The Balaban J connectivity index is 1.51. The SMILES string of the molecule is COc1ccc(C2OC2C(=O)OC2CCCC2)cc1-c1ccccc1. The molecule has 25 heavy (non-hydrogen) atoms. The van der Waals surface area contributed by atoms with Crippen LogP contribution >= 0.6 is 0 Å². The lowest BCUT2D eigenvalue weighted by Crippen LogP contribution is -2.19. The van der Waals surface area contributed by atoms with Crippen LogP contribution in [0.4, 0.5) is 0 Å². The minimum atomic E-state index is -0.474. The van der Waals surface area contributed by atoms with E-state index in [1.165, 1.54) is 0 Å². The zero-order valence-corrected chi connectivity index (χ0v) is 14.3. The van der Waals surface area contributed by atoms with Crippen molar-refractivity contribution in [3.05, 3.63) is 54.1 Å². The van der Waals surface area contributed by atoms with Gasteiger partial charge in [-0.1, -0.05) is 36.4 Å². The van der Waals surface area contributed by atoms with Gasteiger partial charge in [0.15, 0.2) is 6.10 Å². The van der Waals surface area contributed by atoms with Gasteiger partial charge in [0.2, 0.25) is 0 Å². The summed E-state index contributed by atoms with van der Waals surface area (Å²) in [5.74, 6) is 0.578. The van der Waals surface area contributed by atoms with E-state index in [-0.39, 0.29) is 18.2 Å². The molecule has 0 radical (unpaired) electrons. The third kappa shape index (κ3) is 3.40. The van der Waals surface area contributed by atoms with Crippen LogP contribution in [-0.2, 0) is 14.3 Å². The first kappa shape index (κ1) is 16.2. The molecule has 1 aliphatic heterocycles. The molecule has 4 rings (SSSR count). The van der Waals surface area contributed by atoms with Crippen LogP contribution in [0.2, 0.25) is 0 Å². The van der Waals surface area contributed by atoms with Crippen LogP contribution in [0.15, 0.2) is 48.5 Å². The predicted octanol–water partition coefficient (Wildman–Crippen LogP) is 4.29. The minimum Gasteiger partial charge on any atom is -0.496 e. The van der Waals surface area contributed by atoms with Gasteiger partial charge < -0.3 is 14.2 Å². The third-order valence-corrected chi connectivity index (χ3v) is 4.95. The Hall–Kier alpha value is -2.33. The van der Waals surface area contributed by atoms with E-state index < -0.39 is 6.10 Å². The molecule has 2 fully saturated rings. The fourth-order valence-corrected chi connectivity index (χ4v) is 3.53. The van der Waals surface area contributed by atoms with Gasteiger partial charge in [-0.3, -0.25) is 0 Å². The molecule has 2 aromatic carbocycles. The van der Waals surface area contributed by atoms with Crippen molar-refractivity contribution in [3.8, 4) is 16.9 Å². The lowest BCUT2D eigenvalue weighted by atomic mass is 9.99. The number of hydrogen-bond donors (Lipinski definition) is 0. The topological polar surface area (TPSA) is 48.1 Å². The summed E-state index contributed by atoms with van der Waals surface area (Å²) < 4.78 is 16.7. The summed E-state index contributed by atoms with van der Waals surface area (Å²) in [7, 11) is 1.66. The summed E-state index contributed by atoms with van der Waals surface area (Å²) in [5, 5.41) is 0. The maximum atomic E-state index is 12.3. The molecular formula is C21H22O4. The van der Waals surface area contributed by atoms with Crippen molar-refractivity contribution in [3.63, 3.8) is 0 Å². The zero-order valence-electron chi connectivity index (χ0n) is 14.3. The van der Waals surface area contributed by atoms with Gasteiger partial charge in [0, 0.05) is 5.56 Å². The van der Waals surface area contributed by atoms with E-state index in [1.807, 2.05) is 48.5 Å². The first-order valence-electron chi connectivity index (χ1n) is 8.85. The molecule has 2 aromatic rings. The second-order valence-corrected chi connectivity index (χ2v) is 6.65. The first-order valence-corrected chi connectivity index (χ1v) is 8.85. The summed E-state index contributed by atoms with van der Waals surface area (Å²) in [5.41, 5.74) is 3.05. The predicted molar refractivity (Wildman–Crippen MR) is 94.4 cm³/mol. The number of rotatable bonds is 5. The number of epoxide rings is 1. The molecule has 2 unspecified atom stereocenters. The second kappa shape index (κ2) is 6.89. The average Bonchev–Trinajstić information content (AvgIpc) is 3.31. The zero-order chi connectivity index (χ0) is 17.2. The van der Waals surface area contributed by atoms with Crippen LogP contribution in [0, 0.1) is 0 Å². The maximum Gasteiger partial charge on any atom is 0.338 e. The fraction of sp³-hybridized carbons (Fsp3) is 0.381. The summed E-state index contributed by atoms with van der Waals surface area (Å²) in [6.07, 6.45) is 3.62. The standard InChI is InChI=1S/C21H22O4/c1-23-18-12-11-15(13-17(18)14-7-3-2-4-8-14)19-20(25-19)21(22)24-16-9-5-6-10-16/h2-4,7-8,11-13,16,19-20H,5-6,9-10H2,1H3. The van der Waals surface area contributed by atoms with E-state index in [0.29, 0.717) is 0 Å². The van der Waals surface area contributed by atoms with Crippen molar-refractivity contribution >= 4 is 5.97 Å². The molecule has 1 saturated heterocycles. The molecule has 0 bridgehead atoms. The maximum absolute atomic E-state index is 12.3. The Morgan fingerprint density at radius 1 is 1.08 bits per heavy atom. The highest BCUT2D eigenvalue weighted by Gasteiger charge is 2.48. The van der Waals surface area contributed by atoms with Crippen LogP contribution in [-0.4, -0.2) is 25.3 Å². The first-order chi connectivity index (χ1) is 12.3. The number of methoxy groups -OCH3 is 1. The van der Waals surface area contributed by atoms with E-state index >= 15 is 0 Å². The number of benzene rings is 2. The van der Waals surface area contributed by atoms with E-state index in [9.17, 15) is 4.79 Å². The van der Waals surface area contributed by atoms with E-state index in [4.69, 9.17) is 14.2 Å². The van der Waals surface area contributed by atoms with Gasteiger partial charge >= 0.3 is 5.97 Å². The molecule has 0 N–H and O–H groups in total. The normalized spacial score (nSPS) is 22.6. The minimum absolute atomic E-state index is 0.0769. The molecule has 4 heteroatoms. The van der Waals surface area contributed by atoms with Gasteiger partial charge in [0.25, 0.3) is 0 Å². The average molecular weight is 338 g/mol. The highest BCUT2D eigenvalue weighted by Crippen LogP contribution is 2.43. The van der Waals surface area contributed by atoms with Crippen molar-refractivity contribution in [1.29, 1.82) is 0 Å². The number of carbonyl (C=O) groups is 1. The lowest BCUT2D eigenvalue weighted by Gasteiger charge is -2.11. The summed E-state index contributed by atoms with van der Waals surface area (Å²) in [6.45, 7) is 0. The largest absolute Gasteiger partial charge is 0.496 e. The van der Waals surface area contributed by atoms with E-state index in [0.717, 1.165) is 48.1 Å². The van der Waals surface area contributed by atoms with Crippen molar-refractivity contribution in [2.75, 3.05) is 7.11 Å². The lowest BCUT2D eigenvalue weighted by molar-refractivity contribution is -0.150. The molecule has 4 nitrogen and oxygen atoms in total. The molecule has 1 heterocycles. The van der Waals surface area contributed by atoms with Crippen molar-refractivity contribution < 1.29 is 19.0 Å². The Labute approximate surface area is 147 Å². The van der Waals surface area contributed by atoms with Crippen LogP contribution < -0.4 is 4.74 Å². The third-order valence-electron chi connectivity index (χ3n) is 4.95. The summed E-state index contributed by atoms with van der Waals surface area (Å²) in [6, 6.07) is 16.0. The fourth-order valence-electron chi connectivity index (χ4n) is 3.53. The highest BCUT2D eigenvalue weighted by atomic mass is 16.6. The Morgan fingerprint density at radius 2 is 1.84 bits per heavy atom. The molecule has 0 spiro atoms. The van der Waals surface area contributed by atoms with Crippen molar-refractivity contribution in [2.24, 2.45) is 0 Å². The molecule has 130 valence electrons. The van der Waals surface area contributed by atoms with Crippen LogP contribution in [0.3, 0.4) is 0 Å². The van der Waals surface area contributed by atoms with Crippen molar-refractivity contribution in [1.82, 2.24) is 0 Å². The molecule has 2 atom stereocenters. The summed E-state index contributed by atoms with van der Waals surface area (Å²) in [4.78, 5) is 12.3. The summed E-state index contributed by atoms with van der Waals surface area (Å²) >= 11 is 0. The highest BCUT2D eigenvalue weighted by molar-refractivity contribution is 5.79. The quantitative estimate of drug-likeness (QED) is 0.603. The van der Waals surface area contributed by atoms with E-state index in [2.05, 4.69) is 0 Å². The smallest absolute Gasteiger partial charge is 0.338 e. The van der Waals surface area contributed by atoms with Gasteiger partial charge in [-0.2, -0.15) is 0 Å².